The SMILES string of the molecule is N#Cc1ccc2cc(C(F)(F)F)ccc2c1. The van der Waals surface area contributed by atoms with Crippen molar-refractivity contribution in [2.45, 2.75) is 6.18 Å². The van der Waals surface area contributed by atoms with Crippen molar-refractivity contribution in [1.29, 1.82) is 5.26 Å². The lowest BCUT2D eigenvalue weighted by atomic mass is 10.0. The van der Waals surface area contributed by atoms with Crippen molar-refractivity contribution in [3.63, 3.8) is 0 Å². The number of hydrogen-bond donors (Lipinski definition) is 0. The fraction of sp³-hybridized carbons (Fsp3) is 0.0833. The zero-order valence-corrected chi connectivity index (χ0v) is 8.05. The molecule has 16 heavy (non-hydrogen) atoms. The minimum absolute atomic E-state index is 0.437. The van der Waals surface area contributed by atoms with Crippen LogP contribution in [0.2, 0.25) is 0 Å². The van der Waals surface area contributed by atoms with E-state index in [9.17, 15) is 13.2 Å². The van der Waals surface area contributed by atoms with E-state index in [0.717, 1.165) is 12.1 Å². The van der Waals surface area contributed by atoms with Crippen molar-refractivity contribution >= 4 is 10.8 Å². The van der Waals surface area contributed by atoms with Gasteiger partial charge in [-0.2, -0.15) is 18.4 Å². The molecular formula is C12H6F3N. The molecule has 0 aliphatic carbocycles. The summed E-state index contributed by atoms with van der Waals surface area (Å²) in [7, 11) is 0. The van der Waals surface area contributed by atoms with E-state index in [1.54, 1.807) is 6.07 Å². The van der Waals surface area contributed by atoms with Gasteiger partial charge in [0, 0.05) is 0 Å². The van der Waals surface area contributed by atoms with E-state index >= 15 is 0 Å². The number of halogens is 3. The Bertz CT molecular complexity index is 579. The number of benzene rings is 2. The molecule has 0 unspecified atom stereocenters. The highest BCUT2D eigenvalue weighted by molar-refractivity contribution is 5.84. The van der Waals surface area contributed by atoms with Gasteiger partial charge < -0.3 is 0 Å². The Hall–Kier alpha value is -2.02. The smallest absolute Gasteiger partial charge is 0.192 e. The summed E-state index contributed by atoms with van der Waals surface area (Å²) in [5.41, 5.74) is -0.239. The van der Waals surface area contributed by atoms with Gasteiger partial charge in [-0.15, -0.1) is 0 Å². The van der Waals surface area contributed by atoms with Gasteiger partial charge in [0.1, 0.15) is 0 Å². The Kier molecular flexibility index (Phi) is 2.31. The van der Waals surface area contributed by atoms with Gasteiger partial charge in [-0.25, -0.2) is 0 Å². The molecule has 2 aromatic carbocycles. The van der Waals surface area contributed by atoms with Gasteiger partial charge in [0.25, 0.3) is 0 Å². The van der Waals surface area contributed by atoms with Crippen LogP contribution in [0.25, 0.3) is 10.8 Å². The summed E-state index contributed by atoms with van der Waals surface area (Å²) >= 11 is 0. The Morgan fingerprint density at radius 2 is 1.56 bits per heavy atom. The zero-order valence-electron chi connectivity index (χ0n) is 8.05. The van der Waals surface area contributed by atoms with Crippen molar-refractivity contribution in [2.24, 2.45) is 0 Å². The molecule has 0 aliphatic heterocycles. The fourth-order valence-corrected chi connectivity index (χ4v) is 1.49. The van der Waals surface area contributed by atoms with Crippen LogP contribution in [0.5, 0.6) is 0 Å². The highest BCUT2D eigenvalue weighted by atomic mass is 19.4. The monoisotopic (exact) mass is 221 g/mol. The maximum atomic E-state index is 12.4. The Morgan fingerprint density at radius 1 is 0.938 bits per heavy atom. The van der Waals surface area contributed by atoms with Gasteiger partial charge in [0.15, 0.2) is 0 Å². The average molecular weight is 221 g/mol. The normalized spacial score (nSPS) is 11.4. The van der Waals surface area contributed by atoms with E-state index < -0.39 is 11.7 Å². The third-order valence-electron chi connectivity index (χ3n) is 2.30. The molecule has 0 heterocycles. The fourth-order valence-electron chi connectivity index (χ4n) is 1.49. The molecule has 0 bridgehead atoms. The molecule has 0 N–H and O–H groups in total. The molecule has 0 spiro atoms. The zero-order chi connectivity index (χ0) is 11.8. The van der Waals surface area contributed by atoms with Gasteiger partial charge in [0.05, 0.1) is 17.2 Å². The lowest BCUT2D eigenvalue weighted by Gasteiger charge is -2.07. The van der Waals surface area contributed by atoms with Gasteiger partial charge in [-0.1, -0.05) is 12.1 Å². The molecule has 1 nitrogen and oxygen atoms in total. The first-order valence-electron chi connectivity index (χ1n) is 4.52. The van der Waals surface area contributed by atoms with Crippen molar-refractivity contribution in [1.82, 2.24) is 0 Å². The third-order valence-corrected chi connectivity index (χ3v) is 2.30. The van der Waals surface area contributed by atoms with Crippen LogP contribution < -0.4 is 0 Å². The second kappa shape index (κ2) is 3.53. The molecule has 80 valence electrons. The van der Waals surface area contributed by atoms with Gasteiger partial charge >= 0.3 is 6.18 Å². The first-order chi connectivity index (χ1) is 7.50. The molecule has 0 atom stereocenters. The molecule has 0 aliphatic rings. The van der Waals surface area contributed by atoms with Gasteiger partial charge in [-0.05, 0) is 35.0 Å². The molecule has 0 saturated heterocycles. The highest BCUT2D eigenvalue weighted by Crippen LogP contribution is 2.31. The summed E-state index contributed by atoms with van der Waals surface area (Å²) in [6.07, 6.45) is -4.33. The lowest BCUT2D eigenvalue weighted by molar-refractivity contribution is -0.137. The third kappa shape index (κ3) is 1.84. The molecule has 4 heteroatoms. The predicted octanol–water partition coefficient (Wildman–Crippen LogP) is 3.73. The standard InChI is InChI=1S/C12H6F3N/c13-12(14,15)11-4-3-9-5-8(7-16)1-2-10(9)6-11/h1-6H. The van der Waals surface area contributed by atoms with Crippen LogP contribution in [-0.4, -0.2) is 0 Å². The highest BCUT2D eigenvalue weighted by Gasteiger charge is 2.30. The van der Waals surface area contributed by atoms with E-state index in [2.05, 4.69) is 0 Å². The van der Waals surface area contributed by atoms with Crippen molar-refractivity contribution in [3.05, 3.63) is 47.5 Å². The largest absolute Gasteiger partial charge is 0.416 e. The van der Waals surface area contributed by atoms with Crippen LogP contribution >= 0.6 is 0 Å². The topological polar surface area (TPSA) is 23.8 Å². The summed E-state index contributed by atoms with van der Waals surface area (Å²) < 4.78 is 37.2. The van der Waals surface area contributed by atoms with Gasteiger partial charge in [0.2, 0.25) is 0 Å². The summed E-state index contributed by atoms with van der Waals surface area (Å²) in [5.74, 6) is 0. The minimum Gasteiger partial charge on any atom is -0.192 e. The molecular weight excluding hydrogens is 215 g/mol. The van der Waals surface area contributed by atoms with Crippen LogP contribution in [-0.2, 0) is 6.18 Å². The summed E-state index contributed by atoms with van der Waals surface area (Å²) in [5, 5.41) is 9.76. The van der Waals surface area contributed by atoms with Crippen LogP contribution in [0, 0.1) is 11.3 Å². The Balaban J connectivity index is 2.62. The van der Waals surface area contributed by atoms with E-state index in [1.165, 1.54) is 18.2 Å². The molecule has 0 aromatic heterocycles. The van der Waals surface area contributed by atoms with E-state index in [1.807, 2.05) is 6.07 Å². The molecule has 2 rings (SSSR count). The Morgan fingerprint density at radius 3 is 2.19 bits per heavy atom. The van der Waals surface area contributed by atoms with E-state index in [-0.39, 0.29) is 0 Å². The molecule has 0 fully saturated rings. The molecule has 0 radical (unpaired) electrons. The maximum Gasteiger partial charge on any atom is 0.416 e. The second-order valence-corrected chi connectivity index (χ2v) is 3.39. The van der Waals surface area contributed by atoms with Crippen molar-refractivity contribution in [3.8, 4) is 6.07 Å². The average Bonchev–Trinajstić information content (AvgIpc) is 2.26. The number of hydrogen-bond acceptors (Lipinski definition) is 1. The maximum absolute atomic E-state index is 12.4. The van der Waals surface area contributed by atoms with Crippen molar-refractivity contribution < 1.29 is 13.2 Å². The summed E-state index contributed by atoms with van der Waals surface area (Å²) in [6.45, 7) is 0. The number of nitrogens with zero attached hydrogens (tertiary/aromatic N) is 1. The first-order valence-corrected chi connectivity index (χ1v) is 4.52. The summed E-state index contributed by atoms with van der Waals surface area (Å²) in [6, 6.07) is 10.00. The second-order valence-electron chi connectivity index (χ2n) is 3.39. The molecule has 2 aromatic rings. The lowest BCUT2D eigenvalue weighted by Crippen LogP contribution is -2.04. The quantitative estimate of drug-likeness (QED) is 0.664. The minimum atomic E-state index is -4.33. The Labute approximate surface area is 89.7 Å². The van der Waals surface area contributed by atoms with Crippen molar-refractivity contribution in [2.75, 3.05) is 0 Å². The van der Waals surface area contributed by atoms with Gasteiger partial charge in [-0.3, -0.25) is 0 Å². The first kappa shape index (κ1) is 10.5. The van der Waals surface area contributed by atoms with Crippen LogP contribution in [0.4, 0.5) is 13.2 Å². The summed E-state index contributed by atoms with van der Waals surface area (Å²) in [4.78, 5) is 0. The van der Waals surface area contributed by atoms with E-state index in [0.29, 0.717) is 16.3 Å². The molecule has 0 amide bonds. The number of alkyl halides is 3. The van der Waals surface area contributed by atoms with Crippen LogP contribution in [0.1, 0.15) is 11.1 Å². The van der Waals surface area contributed by atoms with E-state index in [4.69, 9.17) is 5.26 Å². The predicted molar refractivity (Wildman–Crippen MR) is 53.7 cm³/mol. The van der Waals surface area contributed by atoms with Crippen LogP contribution in [0.3, 0.4) is 0 Å². The number of fused-ring (bicyclic) bond motifs is 1. The number of nitriles is 1. The van der Waals surface area contributed by atoms with Crippen LogP contribution in [0.15, 0.2) is 36.4 Å². The molecule has 0 saturated carbocycles. The number of rotatable bonds is 0.